The molecule has 0 spiro atoms. The third-order valence-electron chi connectivity index (χ3n) is 5.20. The van der Waals surface area contributed by atoms with Crippen molar-refractivity contribution < 1.29 is 9.53 Å². The molecule has 0 aliphatic carbocycles. The van der Waals surface area contributed by atoms with E-state index in [0.717, 1.165) is 37.2 Å². The van der Waals surface area contributed by atoms with E-state index < -0.39 is 0 Å². The Morgan fingerprint density at radius 2 is 2.00 bits per heavy atom. The smallest absolute Gasteiger partial charge is 0.237 e. The van der Waals surface area contributed by atoms with Gasteiger partial charge in [0.05, 0.1) is 19.7 Å². The summed E-state index contributed by atoms with van der Waals surface area (Å²) in [5.74, 6) is 2.06. The summed E-state index contributed by atoms with van der Waals surface area (Å²) in [6.07, 6.45) is 1.92. The molecular weight excluding hydrogens is 366 g/mol. The summed E-state index contributed by atoms with van der Waals surface area (Å²) >= 11 is 0. The number of H-pyrrole nitrogens is 1. The first-order chi connectivity index (χ1) is 14.2. The summed E-state index contributed by atoms with van der Waals surface area (Å²) in [7, 11) is 1.63. The van der Waals surface area contributed by atoms with Crippen LogP contribution >= 0.6 is 0 Å². The minimum Gasteiger partial charge on any atom is -0.497 e. The number of benzene rings is 2. The number of amides is 1. The fourth-order valence-electron chi connectivity index (χ4n) is 3.66. The van der Waals surface area contributed by atoms with Gasteiger partial charge in [-0.05, 0) is 49.2 Å². The van der Waals surface area contributed by atoms with Crippen LogP contribution in [0.3, 0.4) is 0 Å². The Kier molecular flexibility index (Phi) is 5.86. The van der Waals surface area contributed by atoms with E-state index in [2.05, 4.69) is 37.5 Å². The van der Waals surface area contributed by atoms with Crippen molar-refractivity contribution in [3.63, 3.8) is 0 Å². The Morgan fingerprint density at radius 3 is 2.76 bits per heavy atom. The highest BCUT2D eigenvalue weighted by molar-refractivity contribution is 5.82. The van der Waals surface area contributed by atoms with Crippen molar-refractivity contribution in [3.05, 3.63) is 66.0 Å². The summed E-state index contributed by atoms with van der Waals surface area (Å²) in [5.41, 5.74) is 2.12. The Morgan fingerprint density at radius 1 is 1.21 bits per heavy atom. The van der Waals surface area contributed by atoms with Gasteiger partial charge in [-0.2, -0.15) is 5.10 Å². The van der Waals surface area contributed by atoms with Crippen LogP contribution in [0.2, 0.25) is 0 Å². The quantitative estimate of drug-likeness (QED) is 0.647. The number of ether oxygens (including phenoxy) is 1. The molecule has 7 nitrogen and oxygen atoms in total. The SMILES string of the molecule is COc1ccc(-c2n[nH]c(CNC(=O)C3CCCN3Cc3ccccc3)n2)cc1. The second-order valence-corrected chi connectivity index (χ2v) is 7.17. The number of aromatic nitrogens is 3. The van der Waals surface area contributed by atoms with Gasteiger partial charge in [0.1, 0.15) is 11.6 Å². The predicted octanol–water partition coefficient (Wildman–Crippen LogP) is 2.76. The lowest BCUT2D eigenvalue weighted by Crippen LogP contribution is -2.42. The van der Waals surface area contributed by atoms with Crippen LogP contribution in [0.5, 0.6) is 5.75 Å². The largest absolute Gasteiger partial charge is 0.497 e. The average Bonchev–Trinajstić information content (AvgIpc) is 3.43. The van der Waals surface area contributed by atoms with Gasteiger partial charge in [-0.3, -0.25) is 14.8 Å². The van der Waals surface area contributed by atoms with Gasteiger partial charge in [-0.25, -0.2) is 4.98 Å². The van der Waals surface area contributed by atoms with Crippen LogP contribution in [0, 0.1) is 0 Å². The van der Waals surface area contributed by atoms with E-state index in [4.69, 9.17) is 4.74 Å². The molecule has 1 aliphatic heterocycles. The zero-order chi connectivity index (χ0) is 20.1. The van der Waals surface area contributed by atoms with Gasteiger partial charge in [-0.1, -0.05) is 30.3 Å². The molecule has 2 aromatic carbocycles. The maximum atomic E-state index is 12.7. The Balaban J connectivity index is 1.33. The molecule has 1 aromatic heterocycles. The lowest BCUT2D eigenvalue weighted by molar-refractivity contribution is -0.125. The minimum atomic E-state index is -0.0980. The van der Waals surface area contributed by atoms with E-state index in [1.54, 1.807) is 7.11 Å². The molecule has 4 rings (SSSR count). The molecule has 1 fully saturated rings. The molecule has 0 saturated carbocycles. The fourth-order valence-corrected chi connectivity index (χ4v) is 3.66. The highest BCUT2D eigenvalue weighted by Gasteiger charge is 2.30. The minimum absolute atomic E-state index is 0.0424. The number of carbonyl (C=O) groups is 1. The van der Waals surface area contributed by atoms with Crippen LogP contribution in [0.1, 0.15) is 24.2 Å². The topological polar surface area (TPSA) is 83.1 Å². The zero-order valence-corrected chi connectivity index (χ0v) is 16.5. The van der Waals surface area contributed by atoms with Crippen molar-refractivity contribution >= 4 is 5.91 Å². The molecule has 7 heteroatoms. The molecule has 2 heterocycles. The van der Waals surface area contributed by atoms with Crippen LogP contribution in [0.15, 0.2) is 54.6 Å². The molecule has 3 aromatic rings. The van der Waals surface area contributed by atoms with Gasteiger partial charge in [-0.15, -0.1) is 0 Å². The van der Waals surface area contributed by atoms with Crippen molar-refractivity contribution in [2.24, 2.45) is 0 Å². The molecule has 2 N–H and O–H groups in total. The standard InChI is InChI=1S/C22H25N5O2/c1-29-18-11-9-17(10-12-18)21-24-20(25-26-21)14-23-22(28)19-8-5-13-27(19)15-16-6-3-2-4-7-16/h2-4,6-7,9-12,19H,5,8,13-15H2,1H3,(H,23,28)(H,24,25,26). The van der Waals surface area contributed by atoms with Gasteiger partial charge in [0, 0.05) is 12.1 Å². The molecule has 1 amide bonds. The summed E-state index contributed by atoms with van der Waals surface area (Å²) in [6, 6.07) is 17.7. The number of carbonyl (C=O) groups excluding carboxylic acids is 1. The lowest BCUT2D eigenvalue weighted by atomic mass is 10.1. The number of nitrogens with one attached hydrogen (secondary N) is 2. The van der Waals surface area contributed by atoms with Gasteiger partial charge in [0.2, 0.25) is 5.91 Å². The first-order valence-corrected chi connectivity index (χ1v) is 9.84. The van der Waals surface area contributed by atoms with Crippen molar-refractivity contribution in [3.8, 4) is 17.1 Å². The molecular formula is C22H25N5O2. The Bertz CT molecular complexity index is 939. The summed E-state index contributed by atoms with van der Waals surface area (Å²) in [5, 5.41) is 10.2. The van der Waals surface area contributed by atoms with Crippen molar-refractivity contribution in [1.82, 2.24) is 25.4 Å². The fraction of sp³-hybridized carbons (Fsp3) is 0.318. The van der Waals surface area contributed by atoms with Crippen LogP contribution in [-0.4, -0.2) is 45.7 Å². The van der Waals surface area contributed by atoms with Gasteiger partial charge in [0.15, 0.2) is 5.82 Å². The van der Waals surface area contributed by atoms with E-state index in [1.165, 1.54) is 5.56 Å². The summed E-state index contributed by atoms with van der Waals surface area (Å²) in [6.45, 7) is 2.07. The maximum Gasteiger partial charge on any atom is 0.237 e. The van der Waals surface area contributed by atoms with Crippen molar-refractivity contribution in [2.45, 2.75) is 32.0 Å². The van der Waals surface area contributed by atoms with Crippen LogP contribution < -0.4 is 10.1 Å². The Hall–Kier alpha value is -3.19. The molecule has 150 valence electrons. The number of methoxy groups -OCH3 is 1. The molecule has 1 unspecified atom stereocenters. The van der Waals surface area contributed by atoms with Gasteiger partial charge < -0.3 is 10.1 Å². The molecule has 29 heavy (non-hydrogen) atoms. The number of hydrogen-bond acceptors (Lipinski definition) is 5. The maximum absolute atomic E-state index is 12.7. The highest BCUT2D eigenvalue weighted by atomic mass is 16.5. The number of likely N-dealkylation sites (tertiary alicyclic amines) is 1. The van der Waals surface area contributed by atoms with Crippen LogP contribution in [0.4, 0.5) is 0 Å². The first kappa shape index (κ1) is 19.1. The predicted molar refractivity (Wildman–Crippen MR) is 110 cm³/mol. The molecule has 0 radical (unpaired) electrons. The normalized spacial score (nSPS) is 16.7. The van der Waals surface area contributed by atoms with Gasteiger partial charge in [0.25, 0.3) is 0 Å². The second kappa shape index (κ2) is 8.87. The highest BCUT2D eigenvalue weighted by Crippen LogP contribution is 2.21. The summed E-state index contributed by atoms with van der Waals surface area (Å²) < 4.78 is 5.17. The third-order valence-corrected chi connectivity index (χ3v) is 5.20. The average molecular weight is 391 g/mol. The number of rotatable bonds is 7. The van der Waals surface area contributed by atoms with E-state index in [9.17, 15) is 4.79 Å². The number of aromatic amines is 1. The molecule has 1 saturated heterocycles. The molecule has 1 atom stereocenters. The monoisotopic (exact) mass is 391 g/mol. The van der Waals surface area contributed by atoms with Crippen molar-refractivity contribution in [1.29, 1.82) is 0 Å². The second-order valence-electron chi connectivity index (χ2n) is 7.17. The third kappa shape index (κ3) is 4.63. The molecule has 1 aliphatic rings. The van der Waals surface area contributed by atoms with E-state index in [0.29, 0.717) is 18.2 Å². The number of hydrogen-bond donors (Lipinski definition) is 2. The van der Waals surface area contributed by atoms with E-state index in [1.807, 2.05) is 42.5 Å². The molecule has 0 bridgehead atoms. The lowest BCUT2D eigenvalue weighted by Gasteiger charge is -2.23. The van der Waals surface area contributed by atoms with E-state index >= 15 is 0 Å². The van der Waals surface area contributed by atoms with Gasteiger partial charge >= 0.3 is 0 Å². The Labute approximate surface area is 170 Å². The van der Waals surface area contributed by atoms with E-state index in [-0.39, 0.29) is 11.9 Å². The first-order valence-electron chi connectivity index (χ1n) is 9.84. The summed E-state index contributed by atoms with van der Waals surface area (Å²) in [4.78, 5) is 19.5. The van der Waals surface area contributed by atoms with Crippen molar-refractivity contribution in [2.75, 3.05) is 13.7 Å². The zero-order valence-electron chi connectivity index (χ0n) is 16.5. The van der Waals surface area contributed by atoms with Crippen LogP contribution in [0.25, 0.3) is 11.4 Å². The number of nitrogens with zero attached hydrogens (tertiary/aromatic N) is 3. The van der Waals surface area contributed by atoms with Crippen LogP contribution in [-0.2, 0) is 17.9 Å².